The van der Waals surface area contributed by atoms with Gasteiger partial charge >= 0.3 is 5.97 Å². The Kier molecular flexibility index (Phi) is 4.03. The maximum Gasteiger partial charge on any atom is 0.316 e. The van der Waals surface area contributed by atoms with Gasteiger partial charge in [-0.1, -0.05) is 25.7 Å². The standard InChI is InChI=1S/C15H23N3O2/c1-20-15(19)13(11-6-2-3-7-11)14-17-16-10-18(14)12-8-4-5-9-12/h10-13H,2-9H2,1H3. The maximum absolute atomic E-state index is 12.3. The highest BCUT2D eigenvalue weighted by molar-refractivity contribution is 5.77. The predicted molar refractivity (Wildman–Crippen MR) is 74.2 cm³/mol. The Hall–Kier alpha value is -1.39. The van der Waals surface area contributed by atoms with Crippen molar-refractivity contribution in [1.29, 1.82) is 0 Å². The SMILES string of the molecule is COC(=O)C(c1nncn1C1CCCC1)C1CCCC1. The second-order valence-electron chi connectivity index (χ2n) is 6.08. The van der Waals surface area contributed by atoms with E-state index in [0.29, 0.717) is 12.0 Å². The van der Waals surface area contributed by atoms with Crippen molar-refractivity contribution < 1.29 is 9.53 Å². The Balaban J connectivity index is 1.90. The minimum absolute atomic E-state index is 0.149. The number of nitrogens with zero attached hydrogens (tertiary/aromatic N) is 3. The number of hydrogen-bond donors (Lipinski definition) is 0. The third kappa shape index (κ3) is 2.45. The molecule has 20 heavy (non-hydrogen) atoms. The zero-order valence-corrected chi connectivity index (χ0v) is 12.1. The summed E-state index contributed by atoms with van der Waals surface area (Å²) in [6.45, 7) is 0. The molecule has 110 valence electrons. The van der Waals surface area contributed by atoms with Crippen LogP contribution < -0.4 is 0 Å². The second kappa shape index (κ2) is 5.94. The molecule has 0 aliphatic heterocycles. The Morgan fingerprint density at radius 2 is 1.90 bits per heavy atom. The van der Waals surface area contributed by atoms with E-state index in [1.165, 1.54) is 45.6 Å². The lowest BCUT2D eigenvalue weighted by Gasteiger charge is -2.23. The number of rotatable bonds is 4. The number of carbonyl (C=O) groups is 1. The van der Waals surface area contributed by atoms with Crippen LogP contribution in [0.25, 0.3) is 0 Å². The first kappa shape index (κ1) is 13.6. The van der Waals surface area contributed by atoms with Gasteiger partial charge in [0.1, 0.15) is 18.1 Å². The van der Waals surface area contributed by atoms with Crippen LogP contribution in [0.15, 0.2) is 6.33 Å². The van der Waals surface area contributed by atoms with Crippen LogP contribution in [0.5, 0.6) is 0 Å². The van der Waals surface area contributed by atoms with E-state index in [-0.39, 0.29) is 11.9 Å². The summed E-state index contributed by atoms with van der Waals surface area (Å²) in [7, 11) is 1.47. The van der Waals surface area contributed by atoms with E-state index >= 15 is 0 Å². The molecule has 0 amide bonds. The molecular formula is C15H23N3O2. The average molecular weight is 277 g/mol. The van der Waals surface area contributed by atoms with Crippen LogP contribution in [-0.4, -0.2) is 27.8 Å². The lowest BCUT2D eigenvalue weighted by atomic mass is 9.89. The first-order valence-corrected chi connectivity index (χ1v) is 7.78. The molecule has 0 N–H and O–H groups in total. The molecule has 2 saturated carbocycles. The van der Waals surface area contributed by atoms with E-state index in [4.69, 9.17) is 4.74 Å². The summed E-state index contributed by atoms with van der Waals surface area (Å²) in [6.07, 6.45) is 11.3. The molecule has 3 rings (SSSR count). The Labute approximate surface area is 119 Å². The lowest BCUT2D eigenvalue weighted by Crippen LogP contribution is -2.26. The summed E-state index contributed by atoms with van der Waals surface area (Å²) >= 11 is 0. The summed E-state index contributed by atoms with van der Waals surface area (Å²) in [5.74, 6) is 0.817. The minimum atomic E-state index is -0.231. The quantitative estimate of drug-likeness (QED) is 0.794. The van der Waals surface area contributed by atoms with Crippen molar-refractivity contribution in [3.63, 3.8) is 0 Å². The Morgan fingerprint density at radius 1 is 1.25 bits per heavy atom. The van der Waals surface area contributed by atoms with Crippen LogP contribution in [0.4, 0.5) is 0 Å². The third-order valence-corrected chi connectivity index (χ3v) is 4.92. The first-order chi connectivity index (χ1) is 9.81. The zero-order chi connectivity index (χ0) is 13.9. The van der Waals surface area contributed by atoms with Gasteiger partial charge in [-0.2, -0.15) is 0 Å². The predicted octanol–water partition coefficient (Wildman–Crippen LogP) is 2.84. The normalized spacial score (nSPS) is 22.2. The van der Waals surface area contributed by atoms with Crippen molar-refractivity contribution in [2.45, 2.75) is 63.3 Å². The van der Waals surface area contributed by atoms with Crippen molar-refractivity contribution >= 4 is 5.97 Å². The molecule has 1 aromatic rings. The van der Waals surface area contributed by atoms with Crippen LogP contribution in [0.1, 0.15) is 69.2 Å². The van der Waals surface area contributed by atoms with Crippen LogP contribution in [-0.2, 0) is 9.53 Å². The molecule has 5 heteroatoms. The molecule has 2 aliphatic carbocycles. The molecule has 0 radical (unpaired) electrons. The van der Waals surface area contributed by atoms with Gasteiger partial charge in [-0.05, 0) is 31.6 Å². The number of aromatic nitrogens is 3. The second-order valence-corrected chi connectivity index (χ2v) is 6.08. The number of ether oxygens (including phenoxy) is 1. The Bertz CT molecular complexity index is 459. The van der Waals surface area contributed by atoms with Crippen LogP contribution >= 0.6 is 0 Å². The molecule has 0 saturated heterocycles. The van der Waals surface area contributed by atoms with Gasteiger partial charge in [0, 0.05) is 6.04 Å². The highest BCUT2D eigenvalue weighted by Crippen LogP contribution is 2.39. The van der Waals surface area contributed by atoms with Gasteiger partial charge < -0.3 is 9.30 Å². The van der Waals surface area contributed by atoms with Crippen molar-refractivity contribution in [3.8, 4) is 0 Å². The van der Waals surface area contributed by atoms with E-state index in [2.05, 4.69) is 14.8 Å². The monoisotopic (exact) mass is 277 g/mol. The minimum Gasteiger partial charge on any atom is -0.468 e. The fraction of sp³-hybridized carbons (Fsp3) is 0.800. The van der Waals surface area contributed by atoms with Gasteiger partial charge in [0.25, 0.3) is 0 Å². The summed E-state index contributed by atoms with van der Waals surface area (Å²) < 4.78 is 7.19. The molecule has 1 atom stereocenters. The van der Waals surface area contributed by atoms with Gasteiger partial charge in [0.15, 0.2) is 0 Å². The number of methoxy groups -OCH3 is 1. The van der Waals surface area contributed by atoms with Crippen LogP contribution in [0, 0.1) is 5.92 Å². The van der Waals surface area contributed by atoms with Gasteiger partial charge in [-0.25, -0.2) is 0 Å². The average Bonchev–Trinajstić information content (AvgIpc) is 3.20. The molecule has 1 aromatic heterocycles. The highest BCUT2D eigenvalue weighted by Gasteiger charge is 2.37. The summed E-state index contributed by atoms with van der Waals surface area (Å²) in [4.78, 5) is 12.3. The van der Waals surface area contributed by atoms with Crippen molar-refractivity contribution in [3.05, 3.63) is 12.2 Å². The smallest absolute Gasteiger partial charge is 0.316 e. The Morgan fingerprint density at radius 3 is 2.55 bits per heavy atom. The highest BCUT2D eigenvalue weighted by atomic mass is 16.5. The van der Waals surface area contributed by atoms with Crippen LogP contribution in [0.2, 0.25) is 0 Å². The molecule has 0 aromatic carbocycles. The molecule has 5 nitrogen and oxygen atoms in total. The van der Waals surface area contributed by atoms with Gasteiger partial charge in [-0.15, -0.1) is 10.2 Å². The van der Waals surface area contributed by atoms with E-state index < -0.39 is 0 Å². The van der Waals surface area contributed by atoms with E-state index in [1.807, 2.05) is 0 Å². The summed E-state index contributed by atoms with van der Waals surface area (Å²) in [5, 5.41) is 8.37. The van der Waals surface area contributed by atoms with E-state index in [0.717, 1.165) is 18.7 Å². The molecule has 0 bridgehead atoms. The van der Waals surface area contributed by atoms with Gasteiger partial charge in [-0.3, -0.25) is 4.79 Å². The van der Waals surface area contributed by atoms with Crippen LogP contribution in [0.3, 0.4) is 0 Å². The molecule has 2 fully saturated rings. The molecule has 1 unspecified atom stereocenters. The third-order valence-electron chi connectivity index (χ3n) is 4.92. The molecule has 2 aliphatic rings. The topological polar surface area (TPSA) is 57.0 Å². The summed E-state index contributed by atoms with van der Waals surface area (Å²) in [5.41, 5.74) is 0. The van der Waals surface area contributed by atoms with Gasteiger partial charge in [0.05, 0.1) is 7.11 Å². The maximum atomic E-state index is 12.3. The first-order valence-electron chi connectivity index (χ1n) is 7.78. The van der Waals surface area contributed by atoms with Gasteiger partial charge in [0.2, 0.25) is 0 Å². The molecule has 0 spiro atoms. The lowest BCUT2D eigenvalue weighted by molar-refractivity contribution is -0.144. The number of esters is 1. The fourth-order valence-corrected chi connectivity index (χ4v) is 3.86. The molecular weight excluding hydrogens is 254 g/mol. The number of carbonyl (C=O) groups excluding carboxylic acids is 1. The van der Waals surface area contributed by atoms with E-state index in [9.17, 15) is 4.79 Å². The van der Waals surface area contributed by atoms with E-state index in [1.54, 1.807) is 6.33 Å². The largest absolute Gasteiger partial charge is 0.468 e. The summed E-state index contributed by atoms with van der Waals surface area (Å²) in [6, 6.07) is 0.466. The number of hydrogen-bond acceptors (Lipinski definition) is 4. The van der Waals surface area contributed by atoms with Crippen molar-refractivity contribution in [2.24, 2.45) is 5.92 Å². The fourth-order valence-electron chi connectivity index (χ4n) is 3.86. The van der Waals surface area contributed by atoms with Crippen molar-refractivity contribution in [1.82, 2.24) is 14.8 Å². The zero-order valence-electron chi connectivity index (χ0n) is 12.1. The van der Waals surface area contributed by atoms with Crippen molar-refractivity contribution in [2.75, 3.05) is 7.11 Å². The molecule has 1 heterocycles.